The van der Waals surface area contributed by atoms with Crippen LogP contribution in [0.4, 0.5) is 11.5 Å². The summed E-state index contributed by atoms with van der Waals surface area (Å²) in [5.41, 5.74) is 5.41. The molecule has 142 valence electrons. The zero-order valence-electron chi connectivity index (χ0n) is 15.4. The van der Waals surface area contributed by atoms with Crippen LogP contribution in [0.1, 0.15) is 5.56 Å². The minimum Gasteiger partial charge on any atom is -0.368 e. The molecular formula is C21H19Cl2N5. The number of nitrogens with one attached hydrogen (secondary N) is 1. The van der Waals surface area contributed by atoms with Gasteiger partial charge in [0, 0.05) is 42.8 Å². The number of aryl methyl sites for hydroxylation is 1. The van der Waals surface area contributed by atoms with Crippen molar-refractivity contribution >= 4 is 56.6 Å². The van der Waals surface area contributed by atoms with Crippen molar-refractivity contribution in [3.63, 3.8) is 0 Å². The fourth-order valence-corrected chi connectivity index (χ4v) is 4.19. The van der Waals surface area contributed by atoms with Crippen LogP contribution in [0.5, 0.6) is 0 Å². The van der Waals surface area contributed by atoms with Gasteiger partial charge >= 0.3 is 0 Å². The van der Waals surface area contributed by atoms with Crippen LogP contribution >= 0.6 is 23.2 Å². The molecule has 1 N–H and O–H groups in total. The van der Waals surface area contributed by atoms with E-state index in [2.05, 4.69) is 49.9 Å². The van der Waals surface area contributed by atoms with Crippen molar-refractivity contribution in [1.82, 2.24) is 15.0 Å². The maximum absolute atomic E-state index is 6.18. The van der Waals surface area contributed by atoms with Crippen molar-refractivity contribution < 1.29 is 0 Å². The first-order valence-corrected chi connectivity index (χ1v) is 10.0. The van der Waals surface area contributed by atoms with E-state index in [0.717, 1.165) is 59.6 Å². The smallest absolute Gasteiger partial charge is 0.156 e. The zero-order valence-corrected chi connectivity index (χ0v) is 16.9. The largest absolute Gasteiger partial charge is 0.368 e. The van der Waals surface area contributed by atoms with Gasteiger partial charge in [-0.05, 0) is 36.8 Å². The Morgan fingerprint density at radius 3 is 2.46 bits per heavy atom. The molecule has 2 aromatic carbocycles. The molecule has 7 heteroatoms. The number of aromatic nitrogens is 3. The van der Waals surface area contributed by atoms with Crippen LogP contribution < -0.4 is 9.80 Å². The first-order chi connectivity index (χ1) is 13.6. The molecule has 5 rings (SSSR count). The molecule has 0 amide bonds. The van der Waals surface area contributed by atoms with Gasteiger partial charge in [-0.3, -0.25) is 0 Å². The fraction of sp³-hybridized carbons (Fsp3) is 0.238. The van der Waals surface area contributed by atoms with Gasteiger partial charge in [0.25, 0.3) is 0 Å². The highest BCUT2D eigenvalue weighted by Gasteiger charge is 2.22. The standard InChI is InChI=1S/C21H19Cl2N5/c1-13-2-4-15-18(10-13)26-20-19(15)24-12-25-21(20)28-8-6-27(7-9-28)14-3-5-16(22)17(23)11-14/h2-5,10-12,26H,6-9H2,1H3. The van der Waals surface area contributed by atoms with Crippen molar-refractivity contribution in [3.05, 3.63) is 58.3 Å². The first kappa shape index (κ1) is 17.6. The van der Waals surface area contributed by atoms with Gasteiger partial charge in [0.15, 0.2) is 5.82 Å². The third kappa shape index (κ3) is 2.95. The summed E-state index contributed by atoms with van der Waals surface area (Å²) in [6.07, 6.45) is 1.66. The molecular weight excluding hydrogens is 393 g/mol. The number of aromatic amines is 1. The molecule has 0 aliphatic carbocycles. The van der Waals surface area contributed by atoms with Crippen LogP contribution in [-0.2, 0) is 0 Å². The molecule has 0 bridgehead atoms. The summed E-state index contributed by atoms with van der Waals surface area (Å²) in [5, 5.41) is 2.31. The van der Waals surface area contributed by atoms with Gasteiger partial charge in [-0.1, -0.05) is 35.3 Å². The van der Waals surface area contributed by atoms with E-state index in [0.29, 0.717) is 10.0 Å². The SMILES string of the molecule is Cc1ccc2c(c1)[nH]c1c(N3CCN(c4ccc(Cl)c(Cl)c4)CC3)ncnc12. The highest BCUT2D eigenvalue weighted by molar-refractivity contribution is 6.42. The summed E-state index contributed by atoms with van der Waals surface area (Å²) in [6.45, 7) is 5.63. The average molecular weight is 412 g/mol. The van der Waals surface area contributed by atoms with Crippen molar-refractivity contribution in [2.75, 3.05) is 36.0 Å². The van der Waals surface area contributed by atoms with Gasteiger partial charge in [-0.15, -0.1) is 0 Å². The van der Waals surface area contributed by atoms with Crippen molar-refractivity contribution in [2.45, 2.75) is 6.92 Å². The Hall–Kier alpha value is -2.50. The Kier molecular flexibility index (Phi) is 4.29. The lowest BCUT2D eigenvalue weighted by atomic mass is 10.2. The van der Waals surface area contributed by atoms with Gasteiger partial charge < -0.3 is 14.8 Å². The van der Waals surface area contributed by atoms with Gasteiger partial charge in [0.1, 0.15) is 17.4 Å². The van der Waals surface area contributed by atoms with E-state index in [1.165, 1.54) is 5.56 Å². The highest BCUT2D eigenvalue weighted by Crippen LogP contribution is 2.31. The van der Waals surface area contributed by atoms with Crippen LogP contribution in [0.2, 0.25) is 10.0 Å². The number of fused-ring (bicyclic) bond motifs is 3. The van der Waals surface area contributed by atoms with Gasteiger partial charge in [-0.2, -0.15) is 0 Å². The van der Waals surface area contributed by atoms with E-state index in [4.69, 9.17) is 23.2 Å². The molecule has 0 spiro atoms. The monoisotopic (exact) mass is 411 g/mol. The Balaban J connectivity index is 1.44. The minimum atomic E-state index is 0.585. The predicted octanol–water partition coefficient (Wildman–Crippen LogP) is 5.05. The number of rotatable bonds is 2. The number of hydrogen-bond donors (Lipinski definition) is 1. The number of halogens is 2. The number of anilines is 2. The molecule has 5 nitrogen and oxygen atoms in total. The molecule has 3 heterocycles. The third-order valence-electron chi connectivity index (χ3n) is 5.36. The third-order valence-corrected chi connectivity index (χ3v) is 6.10. The van der Waals surface area contributed by atoms with Crippen molar-refractivity contribution in [3.8, 4) is 0 Å². The molecule has 2 aromatic heterocycles. The molecule has 28 heavy (non-hydrogen) atoms. The summed E-state index contributed by atoms with van der Waals surface area (Å²) in [7, 11) is 0. The molecule has 4 aromatic rings. The Morgan fingerprint density at radius 2 is 1.68 bits per heavy atom. The van der Waals surface area contributed by atoms with Gasteiger partial charge in [0.2, 0.25) is 0 Å². The lowest BCUT2D eigenvalue weighted by Crippen LogP contribution is -2.47. The maximum Gasteiger partial charge on any atom is 0.156 e. The van der Waals surface area contributed by atoms with Crippen LogP contribution in [0, 0.1) is 6.92 Å². The van der Waals surface area contributed by atoms with E-state index in [1.807, 2.05) is 18.2 Å². The van der Waals surface area contributed by atoms with Gasteiger partial charge in [0.05, 0.1) is 10.0 Å². The normalized spacial score (nSPS) is 15.0. The van der Waals surface area contributed by atoms with E-state index in [1.54, 1.807) is 6.33 Å². The van der Waals surface area contributed by atoms with Gasteiger partial charge in [-0.25, -0.2) is 9.97 Å². The minimum absolute atomic E-state index is 0.585. The molecule has 0 atom stereocenters. The second kappa shape index (κ2) is 6.83. The molecule has 1 aliphatic heterocycles. The summed E-state index contributed by atoms with van der Waals surface area (Å²) in [4.78, 5) is 17.3. The molecule has 0 saturated carbocycles. The lowest BCUT2D eigenvalue weighted by Gasteiger charge is -2.36. The summed E-state index contributed by atoms with van der Waals surface area (Å²) in [6, 6.07) is 12.2. The Bertz CT molecular complexity index is 1180. The molecule has 0 radical (unpaired) electrons. The summed E-state index contributed by atoms with van der Waals surface area (Å²) >= 11 is 12.2. The van der Waals surface area contributed by atoms with Crippen molar-refractivity contribution in [2.24, 2.45) is 0 Å². The second-order valence-electron chi connectivity index (χ2n) is 7.17. The Morgan fingerprint density at radius 1 is 0.893 bits per heavy atom. The second-order valence-corrected chi connectivity index (χ2v) is 7.98. The highest BCUT2D eigenvalue weighted by atomic mass is 35.5. The number of piperazine rings is 1. The number of hydrogen-bond acceptors (Lipinski definition) is 4. The fourth-order valence-electron chi connectivity index (χ4n) is 3.90. The summed E-state index contributed by atoms with van der Waals surface area (Å²) < 4.78 is 0. The van der Waals surface area contributed by atoms with Crippen molar-refractivity contribution in [1.29, 1.82) is 0 Å². The van der Waals surface area contributed by atoms with E-state index < -0.39 is 0 Å². The van der Waals surface area contributed by atoms with Crippen LogP contribution in [0.15, 0.2) is 42.7 Å². The average Bonchev–Trinajstić information content (AvgIpc) is 3.08. The topological polar surface area (TPSA) is 48.1 Å². The summed E-state index contributed by atoms with van der Waals surface area (Å²) in [5.74, 6) is 0.965. The zero-order chi connectivity index (χ0) is 19.3. The molecule has 1 aliphatic rings. The molecule has 0 unspecified atom stereocenters. The van der Waals surface area contributed by atoms with Crippen LogP contribution in [-0.4, -0.2) is 41.1 Å². The van der Waals surface area contributed by atoms with Crippen LogP contribution in [0.25, 0.3) is 21.9 Å². The Labute approximate surface area is 172 Å². The molecule has 1 saturated heterocycles. The number of H-pyrrole nitrogens is 1. The maximum atomic E-state index is 6.18. The van der Waals surface area contributed by atoms with E-state index in [-0.39, 0.29) is 0 Å². The van der Waals surface area contributed by atoms with Crippen LogP contribution in [0.3, 0.4) is 0 Å². The first-order valence-electron chi connectivity index (χ1n) is 9.28. The molecule has 1 fully saturated rings. The number of benzene rings is 2. The van der Waals surface area contributed by atoms with E-state index in [9.17, 15) is 0 Å². The van der Waals surface area contributed by atoms with E-state index >= 15 is 0 Å². The quantitative estimate of drug-likeness (QED) is 0.501. The predicted molar refractivity (Wildman–Crippen MR) is 117 cm³/mol. The number of nitrogens with zero attached hydrogens (tertiary/aromatic N) is 4. The lowest BCUT2D eigenvalue weighted by molar-refractivity contribution is 0.648.